The summed E-state index contributed by atoms with van der Waals surface area (Å²) in [4.78, 5) is 7.10. The molecule has 5 heteroatoms. The Morgan fingerprint density at radius 2 is 1.96 bits per heavy atom. The maximum atomic E-state index is 5.48. The fourth-order valence-corrected chi connectivity index (χ4v) is 3.22. The normalized spacial score (nSPS) is 15.8. The molecule has 140 valence electrons. The average molecular weight is 355 g/mol. The first-order valence-electron chi connectivity index (χ1n) is 9.45. The van der Waals surface area contributed by atoms with Crippen LogP contribution in [-0.4, -0.2) is 44.2 Å². The highest BCUT2D eigenvalue weighted by Crippen LogP contribution is 2.15. The maximum absolute atomic E-state index is 5.48. The molecule has 1 aliphatic rings. The van der Waals surface area contributed by atoms with Gasteiger partial charge in [0.15, 0.2) is 5.96 Å². The Kier molecular flexibility index (Phi) is 7.14. The SMILES string of the molecule is CN(CC1CCOCC1)C(=NCc1ccccc1)NCCc1ccco1. The summed E-state index contributed by atoms with van der Waals surface area (Å²) in [5.74, 6) is 2.61. The molecule has 1 aliphatic heterocycles. The molecule has 0 unspecified atom stereocenters. The van der Waals surface area contributed by atoms with E-state index in [0.29, 0.717) is 12.5 Å². The van der Waals surface area contributed by atoms with Gasteiger partial charge >= 0.3 is 0 Å². The predicted molar refractivity (Wildman–Crippen MR) is 104 cm³/mol. The lowest BCUT2D eigenvalue weighted by Crippen LogP contribution is -2.43. The molecule has 0 saturated carbocycles. The molecule has 0 atom stereocenters. The second-order valence-electron chi connectivity index (χ2n) is 6.82. The highest BCUT2D eigenvalue weighted by atomic mass is 16.5. The van der Waals surface area contributed by atoms with Gasteiger partial charge in [-0.1, -0.05) is 30.3 Å². The molecule has 0 spiro atoms. The van der Waals surface area contributed by atoms with Crippen LogP contribution in [0.15, 0.2) is 58.1 Å². The average Bonchev–Trinajstić information content (AvgIpc) is 3.19. The van der Waals surface area contributed by atoms with Crippen LogP contribution in [0.3, 0.4) is 0 Å². The molecule has 1 N–H and O–H groups in total. The van der Waals surface area contributed by atoms with Crippen LogP contribution >= 0.6 is 0 Å². The van der Waals surface area contributed by atoms with Crippen LogP contribution in [0.4, 0.5) is 0 Å². The summed E-state index contributed by atoms with van der Waals surface area (Å²) in [5.41, 5.74) is 1.22. The van der Waals surface area contributed by atoms with Crippen LogP contribution in [0.5, 0.6) is 0 Å². The summed E-state index contributed by atoms with van der Waals surface area (Å²) in [5, 5.41) is 3.50. The van der Waals surface area contributed by atoms with Gasteiger partial charge in [0.25, 0.3) is 0 Å². The van der Waals surface area contributed by atoms with E-state index in [-0.39, 0.29) is 0 Å². The van der Waals surface area contributed by atoms with Crippen LogP contribution in [0.2, 0.25) is 0 Å². The number of ether oxygens (including phenoxy) is 1. The number of hydrogen-bond donors (Lipinski definition) is 1. The molecular formula is C21H29N3O2. The maximum Gasteiger partial charge on any atom is 0.194 e. The van der Waals surface area contributed by atoms with Gasteiger partial charge in [-0.2, -0.15) is 0 Å². The van der Waals surface area contributed by atoms with Crippen molar-refractivity contribution in [1.29, 1.82) is 0 Å². The van der Waals surface area contributed by atoms with E-state index in [2.05, 4.69) is 41.5 Å². The first kappa shape index (κ1) is 18.5. The summed E-state index contributed by atoms with van der Waals surface area (Å²) in [7, 11) is 2.12. The van der Waals surface area contributed by atoms with E-state index in [1.807, 2.05) is 18.2 Å². The zero-order chi connectivity index (χ0) is 18.0. The third-order valence-corrected chi connectivity index (χ3v) is 4.72. The number of aliphatic imine (C=N–C) groups is 1. The molecule has 1 aromatic heterocycles. The molecule has 5 nitrogen and oxygen atoms in total. The fraction of sp³-hybridized carbons (Fsp3) is 0.476. The second kappa shape index (κ2) is 10.0. The number of rotatable bonds is 7. The molecule has 1 fully saturated rings. The fourth-order valence-electron chi connectivity index (χ4n) is 3.22. The molecule has 2 heterocycles. The van der Waals surface area contributed by atoms with Gasteiger partial charge in [-0.3, -0.25) is 0 Å². The summed E-state index contributed by atoms with van der Waals surface area (Å²) in [6.07, 6.45) is 4.82. The monoisotopic (exact) mass is 355 g/mol. The van der Waals surface area contributed by atoms with Crippen molar-refractivity contribution in [3.8, 4) is 0 Å². The molecule has 0 amide bonds. The molecule has 0 radical (unpaired) electrons. The van der Waals surface area contributed by atoms with Crippen molar-refractivity contribution in [1.82, 2.24) is 10.2 Å². The third kappa shape index (κ3) is 5.92. The molecule has 1 aromatic carbocycles. The molecular weight excluding hydrogens is 326 g/mol. The summed E-state index contributed by atoms with van der Waals surface area (Å²) in [6.45, 7) is 4.24. The summed E-state index contributed by atoms with van der Waals surface area (Å²) in [6, 6.07) is 14.3. The molecule has 26 heavy (non-hydrogen) atoms. The van der Waals surface area contributed by atoms with Gasteiger partial charge in [-0.15, -0.1) is 0 Å². The number of benzene rings is 1. The second-order valence-corrected chi connectivity index (χ2v) is 6.82. The highest BCUT2D eigenvalue weighted by Gasteiger charge is 2.17. The molecule has 2 aromatic rings. The van der Waals surface area contributed by atoms with E-state index >= 15 is 0 Å². The third-order valence-electron chi connectivity index (χ3n) is 4.72. The lowest BCUT2D eigenvalue weighted by Gasteiger charge is -2.29. The Morgan fingerprint density at radius 3 is 2.69 bits per heavy atom. The minimum absolute atomic E-state index is 0.669. The molecule has 0 bridgehead atoms. The van der Waals surface area contributed by atoms with Gasteiger partial charge in [-0.25, -0.2) is 4.99 Å². The smallest absolute Gasteiger partial charge is 0.194 e. The van der Waals surface area contributed by atoms with Gasteiger partial charge in [0, 0.05) is 39.8 Å². The van der Waals surface area contributed by atoms with Crippen LogP contribution in [0.25, 0.3) is 0 Å². The Labute approximate surface area is 156 Å². The number of guanidine groups is 1. The standard InChI is InChI=1S/C21H29N3O2/c1-24(17-19-10-14-25-15-11-19)21(22-12-9-20-8-5-13-26-20)23-16-18-6-3-2-4-7-18/h2-8,13,19H,9-12,14-17H2,1H3,(H,22,23). The van der Waals surface area contributed by atoms with Gasteiger partial charge in [0.2, 0.25) is 0 Å². The zero-order valence-electron chi connectivity index (χ0n) is 15.6. The van der Waals surface area contributed by atoms with Gasteiger partial charge in [-0.05, 0) is 36.5 Å². The zero-order valence-corrected chi connectivity index (χ0v) is 15.6. The van der Waals surface area contributed by atoms with Crippen molar-refractivity contribution in [2.45, 2.75) is 25.8 Å². The summed E-state index contributed by atoms with van der Waals surface area (Å²) >= 11 is 0. The van der Waals surface area contributed by atoms with E-state index in [0.717, 1.165) is 57.3 Å². The van der Waals surface area contributed by atoms with Crippen molar-refractivity contribution in [2.75, 3.05) is 33.4 Å². The Bertz CT molecular complexity index is 649. The van der Waals surface area contributed by atoms with Gasteiger partial charge < -0.3 is 19.4 Å². The quantitative estimate of drug-likeness (QED) is 0.611. The van der Waals surface area contributed by atoms with Gasteiger partial charge in [0.1, 0.15) is 5.76 Å². The van der Waals surface area contributed by atoms with Gasteiger partial charge in [0.05, 0.1) is 12.8 Å². The van der Waals surface area contributed by atoms with Crippen LogP contribution in [-0.2, 0) is 17.7 Å². The highest BCUT2D eigenvalue weighted by molar-refractivity contribution is 5.79. The van der Waals surface area contributed by atoms with E-state index in [4.69, 9.17) is 14.1 Å². The predicted octanol–water partition coefficient (Wildman–Crippen LogP) is 3.33. The van der Waals surface area contributed by atoms with Crippen molar-refractivity contribution in [3.05, 3.63) is 60.1 Å². The van der Waals surface area contributed by atoms with Crippen molar-refractivity contribution < 1.29 is 9.15 Å². The van der Waals surface area contributed by atoms with E-state index in [9.17, 15) is 0 Å². The van der Waals surface area contributed by atoms with Crippen LogP contribution in [0, 0.1) is 5.92 Å². The number of hydrogen-bond acceptors (Lipinski definition) is 3. The first-order valence-corrected chi connectivity index (χ1v) is 9.45. The Hall–Kier alpha value is -2.27. The largest absolute Gasteiger partial charge is 0.469 e. The van der Waals surface area contributed by atoms with E-state index in [1.165, 1.54) is 5.56 Å². The first-order chi connectivity index (χ1) is 12.8. The number of furan rings is 1. The van der Waals surface area contributed by atoms with Crippen molar-refractivity contribution in [3.63, 3.8) is 0 Å². The minimum Gasteiger partial charge on any atom is -0.469 e. The van der Waals surface area contributed by atoms with Crippen molar-refractivity contribution in [2.24, 2.45) is 10.9 Å². The molecule has 0 aliphatic carbocycles. The lowest BCUT2D eigenvalue weighted by atomic mass is 10.00. The number of nitrogens with zero attached hydrogens (tertiary/aromatic N) is 2. The summed E-state index contributed by atoms with van der Waals surface area (Å²) < 4.78 is 10.9. The van der Waals surface area contributed by atoms with Crippen molar-refractivity contribution >= 4 is 5.96 Å². The van der Waals surface area contributed by atoms with E-state index < -0.39 is 0 Å². The topological polar surface area (TPSA) is 50.0 Å². The van der Waals surface area contributed by atoms with Crippen LogP contribution in [0.1, 0.15) is 24.2 Å². The Morgan fingerprint density at radius 1 is 1.15 bits per heavy atom. The molecule has 3 rings (SSSR count). The lowest BCUT2D eigenvalue weighted by molar-refractivity contribution is 0.0610. The molecule has 1 saturated heterocycles. The van der Waals surface area contributed by atoms with Crippen LogP contribution < -0.4 is 5.32 Å². The van der Waals surface area contributed by atoms with E-state index in [1.54, 1.807) is 6.26 Å². The Balaban J connectivity index is 1.59. The minimum atomic E-state index is 0.669. The number of nitrogens with one attached hydrogen (secondary N) is 1.